The highest BCUT2D eigenvalue weighted by atomic mass is 16.5. The summed E-state index contributed by atoms with van der Waals surface area (Å²) in [7, 11) is 0. The molecule has 0 bridgehead atoms. The van der Waals surface area contributed by atoms with E-state index < -0.39 is 6.09 Å². The lowest BCUT2D eigenvalue weighted by atomic mass is 9.83. The van der Waals surface area contributed by atoms with Crippen LogP contribution < -0.4 is 0 Å². The molecular weight excluding hydrogens is 386 g/mol. The number of hydrogen-bond acceptors (Lipinski definition) is 2. The third kappa shape index (κ3) is 4.31. The molecule has 1 fully saturated rings. The molecule has 2 unspecified atom stereocenters. The van der Waals surface area contributed by atoms with Gasteiger partial charge >= 0.3 is 6.09 Å². The molecular formula is C27H29NO3. The first-order valence-corrected chi connectivity index (χ1v) is 11.4. The Kier molecular flexibility index (Phi) is 5.65. The van der Waals surface area contributed by atoms with Crippen LogP contribution in [0.5, 0.6) is 0 Å². The summed E-state index contributed by atoms with van der Waals surface area (Å²) in [6.07, 6.45) is 4.67. The van der Waals surface area contributed by atoms with E-state index in [2.05, 4.69) is 48.5 Å². The molecule has 31 heavy (non-hydrogen) atoms. The first kappa shape index (κ1) is 20.1. The van der Waals surface area contributed by atoms with Crippen LogP contribution in [0.25, 0.3) is 10.8 Å². The maximum Gasteiger partial charge on any atom is 0.407 e. The minimum atomic E-state index is -0.858. The van der Waals surface area contributed by atoms with Gasteiger partial charge in [-0.25, -0.2) is 4.79 Å². The number of carboxylic acid groups (broad SMARTS) is 1. The molecule has 0 aromatic heterocycles. The minimum Gasteiger partial charge on any atom is -0.465 e. The zero-order chi connectivity index (χ0) is 21.2. The van der Waals surface area contributed by atoms with E-state index in [-0.39, 0.29) is 12.0 Å². The molecule has 1 aliphatic carbocycles. The summed E-state index contributed by atoms with van der Waals surface area (Å²) in [6, 6.07) is 21.6. The Balaban J connectivity index is 1.37. The summed E-state index contributed by atoms with van der Waals surface area (Å²) >= 11 is 0. The Hall–Kier alpha value is -2.85. The lowest BCUT2D eigenvalue weighted by Gasteiger charge is -2.37. The number of nitrogens with zero attached hydrogens (tertiary/aromatic N) is 1. The molecule has 1 N–H and O–H groups in total. The van der Waals surface area contributed by atoms with Crippen LogP contribution >= 0.6 is 0 Å². The van der Waals surface area contributed by atoms with E-state index in [1.807, 2.05) is 12.1 Å². The molecule has 160 valence electrons. The summed E-state index contributed by atoms with van der Waals surface area (Å²) in [4.78, 5) is 13.1. The second kappa shape index (κ2) is 8.72. The fraction of sp³-hybridized carbons (Fsp3) is 0.370. The molecule has 1 saturated heterocycles. The van der Waals surface area contributed by atoms with E-state index in [0.29, 0.717) is 19.7 Å². The molecule has 0 saturated carbocycles. The Labute approximate surface area is 183 Å². The second-order valence-electron chi connectivity index (χ2n) is 8.89. The fourth-order valence-electron chi connectivity index (χ4n) is 5.16. The van der Waals surface area contributed by atoms with Gasteiger partial charge in [0.25, 0.3) is 0 Å². The van der Waals surface area contributed by atoms with E-state index in [9.17, 15) is 9.90 Å². The first-order valence-electron chi connectivity index (χ1n) is 11.4. The lowest BCUT2D eigenvalue weighted by Crippen LogP contribution is -2.46. The van der Waals surface area contributed by atoms with Crippen molar-refractivity contribution in [2.24, 2.45) is 0 Å². The lowest BCUT2D eigenvalue weighted by molar-refractivity contribution is -0.0199. The van der Waals surface area contributed by atoms with Crippen LogP contribution in [0, 0.1) is 0 Å². The molecule has 3 aromatic carbocycles. The number of rotatable bonds is 4. The highest BCUT2D eigenvalue weighted by molar-refractivity contribution is 5.82. The van der Waals surface area contributed by atoms with Crippen molar-refractivity contribution in [2.75, 3.05) is 13.1 Å². The quantitative estimate of drug-likeness (QED) is 0.588. The summed E-state index contributed by atoms with van der Waals surface area (Å²) < 4.78 is 6.40. The number of likely N-dealkylation sites (tertiary alicyclic amines) is 1. The van der Waals surface area contributed by atoms with Crippen molar-refractivity contribution >= 4 is 16.9 Å². The largest absolute Gasteiger partial charge is 0.465 e. The Morgan fingerprint density at radius 1 is 0.968 bits per heavy atom. The topological polar surface area (TPSA) is 49.8 Å². The van der Waals surface area contributed by atoms with Crippen molar-refractivity contribution in [1.29, 1.82) is 0 Å². The number of aryl methyl sites for hydroxylation is 2. The monoisotopic (exact) mass is 415 g/mol. The predicted molar refractivity (Wildman–Crippen MR) is 123 cm³/mol. The zero-order valence-corrected chi connectivity index (χ0v) is 17.8. The standard InChI is InChI=1S/C27H29NO3/c29-27(30)28-14-13-25(24-12-11-21-6-2-4-8-23(21)16-24)26(17-28)31-18-19-9-10-20-5-1-3-7-22(20)15-19/h1,3,5,7,9-12,15-16,25-26H,2,4,6,8,13-14,17-18H2,(H,29,30). The Morgan fingerprint density at radius 3 is 2.61 bits per heavy atom. The van der Waals surface area contributed by atoms with E-state index >= 15 is 0 Å². The van der Waals surface area contributed by atoms with Crippen molar-refractivity contribution in [3.05, 3.63) is 82.9 Å². The number of piperidine rings is 1. The van der Waals surface area contributed by atoms with Gasteiger partial charge < -0.3 is 14.7 Å². The molecule has 0 spiro atoms. The summed E-state index contributed by atoms with van der Waals surface area (Å²) in [6.45, 7) is 1.47. The van der Waals surface area contributed by atoms with Gasteiger partial charge in [0.1, 0.15) is 0 Å². The molecule has 3 aromatic rings. The molecule has 1 heterocycles. The van der Waals surface area contributed by atoms with Gasteiger partial charge in [0.05, 0.1) is 19.3 Å². The SMILES string of the molecule is O=C(O)N1CCC(c2ccc3c(c2)CCCC3)C(OCc2ccc3ccccc3c2)C1. The van der Waals surface area contributed by atoms with Gasteiger partial charge in [-0.05, 0) is 71.2 Å². The Morgan fingerprint density at radius 2 is 1.77 bits per heavy atom. The molecule has 0 radical (unpaired) electrons. The van der Waals surface area contributed by atoms with Gasteiger partial charge in [-0.15, -0.1) is 0 Å². The zero-order valence-electron chi connectivity index (χ0n) is 17.8. The molecule has 4 nitrogen and oxygen atoms in total. The molecule has 2 atom stereocenters. The van der Waals surface area contributed by atoms with Gasteiger partial charge in [0.2, 0.25) is 0 Å². The smallest absolute Gasteiger partial charge is 0.407 e. The number of ether oxygens (including phenoxy) is 1. The molecule has 4 heteroatoms. The Bertz CT molecular complexity index is 1090. The van der Waals surface area contributed by atoms with E-state index in [0.717, 1.165) is 18.4 Å². The van der Waals surface area contributed by atoms with E-state index in [1.165, 1.54) is 51.6 Å². The van der Waals surface area contributed by atoms with Crippen LogP contribution in [0.15, 0.2) is 60.7 Å². The summed E-state index contributed by atoms with van der Waals surface area (Å²) in [5.41, 5.74) is 5.37. The van der Waals surface area contributed by atoms with Gasteiger partial charge in [-0.1, -0.05) is 54.6 Å². The van der Waals surface area contributed by atoms with Crippen LogP contribution in [0.2, 0.25) is 0 Å². The van der Waals surface area contributed by atoms with Crippen LogP contribution in [-0.4, -0.2) is 35.3 Å². The predicted octanol–water partition coefficient (Wildman–Crippen LogP) is 5.77. The first-order chi connectivity index (χ1) is 15.2. The van der Waals surface area contributed by atoms with Crippen LogP contribution in [0.3, 0.4) is 0 Å². The van der Waals surface area contributed by atoms with Crippen molar-refractivity contribution in [3.8, 4) is 0 Å². The van der Waals surface area contributed by atoms with Crippen molar-refractivity contribution in [2.45, 2.75) is 50.7 Å². The van der Waals surface area contributed by atoms with Crippen molar-refractivity contribution in [1.82, 2.24) is 4.90 Å². The van der Waals surface area contributed by atoms with Crippen LogP contribution in [0.4, 0.5) is 4.79 Å². The van der Waals surface area contributed by atoms with Gasteiger partial charge in [-0.3, -0.25) is 0 Å². The number of benzene rings is 3. The fourth-order valence-corrected chi connectivity index (χ4v) is 5.16. The summed E-state index contributed by atoms with van der Waals surface area (Å²) in [5, 5.41) is 12.0. The number of hydrogen-bond donors (Lipinski definition) is 1. The number of carbonyl (C=O) groups is 1. The van der Waals surface area contributed by atoms with Gasteiger partial charge in [0.15, 0.2) is 0 Å². The van der Waals surface area contributed by atoms with Crippen molar-refractivity contribution in [3.63, 3.8) is 0 Å². The van der Waals surface area contributed by atoms with E-state index in [4.69, 9.17) is 4.74 Å². The maximum atomic E-state index is 11.6. The van der Waals surface area contributed by atoms with Crippen LogP contribution in [-0.2, 0) is 24.2 Å². The van der Waals surface area contributed by atoms with Crippen LogP contribution in [0.1, 0.15) is 47.4 Å². The number of amides is 1. The minimum absolute atomic E-state index is 0.141. The second-order valence-corrected chi connectivity index (χ2v) is 8.89. The number of fused-ring (bicyclic) bond motifs is 2. The maximum absolute atomic E-state index is 11.6. The highest BCUT2D eigenvalue weighted by Crippen LogP contribution is 2.34. The van der Waals surface area contributed by atoms with Gasteiger partial charge in [0, 0.05) is 12.5 Å². The normalized spacial score (nSPS) is 21.1. The van der Waals surface area contributed by atoms with Gasteiger partial charge in [-0.2, -0.15) is 0 Å². The third-order valence-corrected chi connectivity index (χ3v) is 6.91. The molecule has 1 aliphatic heterocycles. The summed E-state index contributed by atoms with van der Waals surface area (Å²) in [5.74, 6) is 0.225. The average Bonchev–Trinajstić information content (AvgIpc) is 2.82. The molecule has 1 amide bonds. The average molecular weight is 416 g/mol. The third-order valence-electron chi connectivity index (χ3n) is 6.91. The van der Waals surface area contributed by atoms with Crippen molar-refractivity contribution < 1.29 is 14.6 Å². The highest BCUT2D eigenvalue weighted by Gasteiger charge is 2.33. The molecule has 5 rings (SSSR count). The van der Waals surface area contributed by atoms with E-state index in [1.54, 1.807) is 0 Å². The molecule has 2 aliphatic rings.